The SMILES string of the molecule is CC.COC(=O)CC1c2ncccc2C(=O)N1c1cnn(CC(F)(F)F)c1. The van der Waals surface area contributed by atoms with Gasteiger partial charge in [-0.25, -0.2) is 0 Å². The summed E-state index contributed by atoms with van der Waals surface area (Å²) in [6, 6.07) is 2.36. The Morgan fingerprint density at radius 3 is 2.67 bits per heavy atom. The highest BCUT2D eigenvalue weighted by Crippen LogP contribution is 2.38. The van der Waals surface area contributed by atoms with Gasteiger partial charge in [0.15, 0.2) is 0 Å². The van der Waals surface area contributed by atoms with Crippen molar-refractivity contribution < 1.29 is 27.5 Å². The van der Waals surface area contributed by atoms with Crippen LogP contribution in [-0.2, 0) is 16.1 Å². The molecule has 0 saturated heterocycles. The van der Waals surface area contributed by atoms with Crippen LogP contribution in [0.4, 0.5) is 18.9 Å². The molecule has 10 heteroatoms. The van der Waals surface area contributed by atoms with E-state index < -0.39 is 30.6 Å². The van der Waals surface area contributed by atoms with Crippen molar-refractivity contribution in [3.63, 3.8) is 0 Å². The van der Waals surface area contributed by atoms with Gasteiger partial charge in [-0.1, -0.05) is 13.8 Å². The number of nitrogens with zero attached hydrogens (tertiary/aromatic N) is 4. The summed E-state index contributed by atoms with van der Waals surface area (Å²) in [4.78, 5) is 29.7. The average molecular weight is 384 g/mol. The molecule has 1 amide bonds. The van der Waals surface area contributed by atoms with Crippen LogP contribution >= 0.6 is 0 Å². The van der Waals surface area contributed by atoms with E-state index in [0.29, 0.717) is 15.9 Å². The van der Waals surface area contributed by atoms with Gasteiger partial charge in [0, 0.05) is 12.4 Å². The first-order valence-corrected chi connectivity index (χ1v) is 8.24. The summed E-state index contributed by atoms with van der Waals surface area (Å²) in [5, 5.41) is 3.64. The van der Waals surface area contributed by atoms with E-state index in [0.717, 1.165) is 12.4 Å². The largest absolute Gasteiger partial charge is 0.469 e. The molecule has 3 heterocycles. The molecule has 0 radical (unpaired) electrons. The first kappa shape index (κ1) is 20.4. The number of hydrogen-bond acceptors (Lipinski definition) is 5. The number of alkyl halides is 3. The van der Waals surface area contributed by atoms with Gasteiger partial charge in [0.1, 0.15) is 6.54 Å². The Morgan fingerprint density at radius 2 is 2.04 bits per heavy atom. The van der Waals surface area contributed by atoms with Crippen LogP contribution in [-0.4, -0.2) is 39.9 Å². The van der Waals surface area contributed by atoms with Crippen molar-refractivity contribution in [1.82, 2.24) is 14.8 Å². The van der Waals surface area contributed by atoms with Crippen LogP contribution in [0, 0.1) is 0 Å². The Kier molecular flexibility index (Phi) is 6.19. The number of hydrogen-bond donors (Lipinski definition) is 0. The van der Waals surface area contributed by atoms with E-state index in [-0.39, 0.29) is 12.1 Å². The fourth-order valence-corrected chi connectivity index (χ4v) is 2.73. The maximum atomic E-state index is 12.6. The predicted octanol–water partition coefficient (Wildman–Crippen LogP) is 3.13. The number of rotatable bonds is 4. The van der Waals surface area contributed by atoms with Crippen molar-refractivity contribution in [1.29, 1.82) is 0 Å². The summed E-state index contributed by atoms with van der Waals surface area (Å²) in [6.07, 6.45) is -0.862. The smallest absolute Gasteiger partial charge is 0.408 e. The van der Waals surface area contributed by atoms with Crippen LogP contribution < -0.4 is 4.90 Å². The number of methoxy groups -OCH3 is 1. The maximum Gasteiger partial charge on any atom is 0.408 e. The van der Waals surface area contributed by atoms with Crippen molar-refractivity contribution in [2.24, 2.45) is 0 Å². The molecule has 2 aromatic rings. The molecule has 2 aromatic heterocycles. The summed E-state index contributed by atoms with van der Waals surface area (Å²) in [7, 11) is 1.21. The van der Waals surface area contributed by atoms with Crippen molar-refractivity contribution in [3.8, 4) is 0 Å². The van der Waals surface area contributed by atoms with Gasteiger partial charge < -0.3 is 4.74 Å². The van der Waals surface area contributed by atoms with Crippen LogP contribution in [0.15, 0.2) is 30.7 Å². The van der Waals surface area contributed by atoms with Gasteiger partial charge in [0.05, 0.1) is 42.7 Å². The number of ether oxygens (including phenoxy) is 1. The van der Waals surface area contributed by atoms with E-state index in [1.807, 2.05) is 13.8 Å². The second-order valence-electron chi connectivity index (χ2n) is 5.42. The standard InChI is InChI=1S/C15H13F3N4O3.C2H6/c1-25-12(23)5-11-13-10(3-2-4-19-13)14(24)22(11)9-6-20-21(7-9)8-15(16,17)18;1-2/h2-4,6-7,11H,5,8H2,1H3;1-2H3. The number of esters is 1. The molecule has 0 spiro atoms. The average Bonchev–Trinajstić information content (AvgIpc) is 3.18. The molecule has 7 nitrogen and oxygen atoms in total. The minimum atomic E-state index is -4.44. The number of aromatic nitrogens is 3. The van der Waals surface area contributed by atoms with E-state index >= 15 is 0 Å². The minimum absolute atomic E-state index is 0.154. The van der Waals surface area contributed by atoms with E-state index in [9.17, 15) is 22.8 Å². The Balaban J connectivity index is 0.00000126. The number of halogens is 3. The third-order valence-corrected chi connectivity index (χ3v) is 3.74. The zero-order valence-electron chi connectivity index (χ0n) is 15.0. The van der Waals surface area contributed by atoms with E-state index in [2.05, 4.69) is 14.8 Å². The highest BCUT2D eigenvalue weighted by molar-refractivity contribution is 6.10. The number of pyridine rings is 1. The zero-order valence-corrected chi connectivity index (χ0v) is 15.0. The van der Waals surface area contributed by atoms with Crippen molar-refractivity contribution in [3.05, 3.63) is 42.0 Å². The van der Waals surface area contributed by atoms with Gasteiger partial charge in [0.25, 0.3) is 5.91 Å². The third-order valence-electron chi connectivity index (χ3n) is 3.74. The molecule has 0 aliphatic carbocycles. The van der Waals surface area contributed by atoms with Crippen LogP contribution in [0.25, 0.3) is 0 Å². The lowest BCUT2D eigenvalue weighted by molar-refractivity contribution is -0.143. The van der Waals surface area contributed by atoms with E-state index in [1.165, 1.54) is 18.2 Å². The topological polar surface area (TPSA) is 77.3 Å². The van der Waals surface area contributed by atoms with Crippen molar-refractivity contribution >= 4 is 17.6 Å². The third kappa shape index (κ3) is 4.44. The van der Waals surface area contributed by atoms with Crippen molar-refractivity contribution in [2.45, 2.75) is 39.0 Å². The maximum absolute atomic E-state index is 12.6. The molecule has 3 rings (SSSR count). The van der Waals surface area contributed by atoms with Crippen molar-refractivity contribution in [2.75, 3.05) is 12.0 Å². The first-order chi connectivity index (χ1) is 12.8. The molecule has 1 aliphatic heterocycles. The van der Waals surface area contributed by atoms with Gasteiger partial charge in [-0.15, -0.1) is 0 Å². The van der Waals surface area contributed by atoms with Gasteiger partial charge >= 0.3 is 12.1 Å². The fourth-order valence-electron chi connectivity index (χ4n) is 2.73. The lowest BCUT2D eigenvalue weighted by Gasteiger charge is -2.22. The number of carbonyl (C=O) groups is 2. The molecule has 1 atom stereocenters. The van der Waals surface area contributed by atoms with Crippen LogP contribution in [0.3, 0.4) is 0 Å². The molecular formula is C17H19F3N4O3. The summed E-state index contributed by atoms with van der Waals surface area (Å²) in [6.45, 7) is 2.72. The van der Waals surface area contributed by atoms with Crippen LogP contribution in [0.1, 0.15) is 42.4 Å². The molecular weight excluding hydrogens is 365 g/mol. The number of anilines is 1. The predicted molar refractivity (Wildman–Crippen MR) is 90.1 cm³/mol. The molecule has 1 unspecified atom stereocenters. The minimum Gasteiger partial charge on any atom is -0.469 e. The second kappa shape index (κ2) is 8.19. The Labute approximate surface area is 153 Å². The highest BCUT2D eigenvalue weighted by atomic mass is 19.4. The second-order valence-corrected chi connectivity index (χ2v) is 5.42. The quantitative estimate of drug-likeness (QED) is 0.757. The number of carbonyl (C=O) groups excluding carboxylic acids is 2. The van der Waals surface area contributed by atoms with Gasteiger partial charge in [-0.05, 0) is 12.1 Å². The van der Waals surface area contributed by atoms with E-state index in [1.54, 1.807) is 12.1 Å². The molecule has 0 aromatic carbocycles. The molecule has 27 heavy (non-hydrogen) atoms. The van der Waals surface area contributed by atoms with Crippen LogP contribution in [0.5, 0.6) is 0 Å². The molecule has 0 saturated carbocycles. The zero-order chi connectivity index (χ0) is 20.2. The van der Waals surface area contributed by atoms with Gasteiger partial charge in [-0.2, -0.15) is 18.3 Å². The van der Waals surface area contributed by atoms with Gasteiger partial charge in [0.2, 0.25) is 0 Å². The highest BCUT2D eigenvalue weighted by Gasteiger charge is 2.41. The normalized spacial score (nSPS) is 15.9. The molecule has 1 aliphatic rings. The van der Waals surface area contributed by atoms with Crippen LogP contribution in [0.2, 0.25) is 0 Å². The monoisotopic (exact) mass is 384 g/mol. The lowest BCUT2D eigenvalue weighted by atomic mass is 10.1. The number of fused-ring (bicyclic) bond motifs is 1. The summed E-state index contributed by atoms with van der Waals surface area (Å²) in [5.74, 6) is -1.02. The summed E-state index contributed by atoms with van der Waals surface area (Å²) < 4.78 is 42.8. The molecule has 146 valence electrons. The van der Waals surface area contributed by atoms with Gasteiger partial charge in [-0.3, -0.25) is 24.2 Å². The molecule has 0 fully saturated rings. The summed E-state index contributed by atoms with van der Waals surface area (Å²) in [5.41, 5.74) is 0.822. The fraction of sp³-hybridized carbons (Fsp3) is 0.412. The molecule has 0 N–H and O–H groups in total. The lowest BCUT2D eigenvalue weighted by Crippen LogP contribution is -2.29. The Hall–Kier alpha value is -2.91. The number of amides is 1. The summed E-state index contributed by atoms with van der Waals surface area (Å²) >= 11 is 0. The Bertz CT molecular complexity index is 820. The Morgan fingerprint density at radius 1 is 1.33 bits per heavy atom. The first-order valence-electron chi connectivity index (χ1n) is 8.24. The molecule has 0 bridgehead atoms. The van der Waals surface area contributed by atoms with E-state index in [4.69, 9.17) is 0 Å².